The first-order valence-electron chi connectivity index (χ1n) is 9.91. The second kappa shape index (κ2) is 16.3. The zero-order valence-electron chi connectivity index (χ0n) is 17.2. The van der Waals surface area contributed by atoms with Gasteiger partial charge in [-0.25, -0.2) is 5.06 Å². The minimum atomic E-state index is 0.254. The molecule has 1 aromatic carbocycles. The fraction of sp³-hybridized carbons (Fsp3) is 0.700. The second-order valence-electron chi connectivity index (χ2n) is 6.04. The lowest BCUT2D eigenvalue weighted by molar-refractivity contribution is -0.0417. The van der Waals surface area contributed by atoms with E-state index in [2.05, 4.69) is 0 Å². The van der Waals surface area contributed by atoms with Gasteiger partial charge in [0.25, 0.3) is 0 Å². The maximum atomic E-state index is 5.86. The van der Waals surface area contributed by atoms with Gasteiger partial charge in [-0.1, -0.05) is 6.07 Å². The van der Waals surface area contributed by atoms with Gasteiger partial charge in [0.1, 0.15) is 19.1 Å². The van der Waals surface area contributed by atoms with Crippen LogP contribution in [0.1, 0.15) is 0 Å². The van der Waals surface area contributed by atoms with Gasteiger partial charge in [-0.2, -0.15) is 0 Å². The number of hydrogen-bond acceptors (Lipinski definition) is 9. The summed E-state index contributed by atoms with van der Waals surface area (Å²) in [4.78, 5) is 5.86. The summed E-state index contributed by atoms with van der Waals surface area (Å²) in [5.41, 5.74) is 0.826. The van der Waals surface area contributed by atoms with Crippen LogP contribution in [0, 0.1) is 0 Å². The monoisotopic (exact) mass is 415 g/mol. The van der Waals surface area contributed by atoms with E-state index in [1.165, 1.54) is 0 Å². The Morgan fingerprint density at radius 3 is 1.97 bits per heavy atom. The van der Waals surface area contributed by atoms with Crippen LogP contribution < -0.4 is 9.80 Å². The molecule has 0 N–H and O–H groups in total. The molecule has 29 heavy (non-hydrogen) atoms. The van der Waals surface area contributed by atoms with Crippen LogP contribution in [-0.4, -0.2) is 93.1 Å². The van der Waals surface area contributed by atoms with Gasteiger partial charge in [0, 0.05) is 13.2 Å². The number of hydrogen-bond donors (Lipinski definition) is 0. The number of anilines is 1. The van der Waals surface area contributed by atoms with E-state index in [4.69, 9.17) is 38.0 Å². The Morgan fingerprint density at radius 2 is 1.34 bits per heavy atom. The lowest BCUT2D eigenvalue weighted by Crippen LogP contribution is -2.29. The Kier molecular flexibility index (Phi) is 13.4. The molecule has 1 fully saturated rings. The topological polar surface area (TPSA) is 77.1 Å². The van der Waals surface area contributed by atoms with Gasteiger partial charge in [-0.15, -0.1) is 0 Å². The summed E-state index contributed by atoms with van der Waals surface area (Å²) in [7, 11) is 1.64. The van der Waals surface area contributed by atoms with Crippen molar-refractivity contribution in [3.05, 3.63) is 24.3 Å². The Balaban J connectivity index is 1.86. The van der Waals surface area contributed by atoms with E-state index in [1.807, 2.05) is 24.3 Å². The highest BCUT2D eigenvalue weighted by atomic mass is 16.7. The van der Waals surface area contributed by atoms with Gasteiger partial charge in [0.2, 0.25) is 0 Å². The molecular weight excluding hydrogens is 382 g/mol. The van der Waals surface area contributed by atoms with Crippen LogP contribution in [0.2, 0.25) is 0 Å². The highest BCUT2D eigenvalue weighted by molar-refractivity contribution is 5.48. The quantitative estimate of drug-likeness (QED) is 0.665. The molecule has 9 heteroatoms. The predicted molar refractivity (Wildman–Crippen MR) is 106 cm³/mol. The maximum Gasteiger partial charge on any atom is 0.143 e. The van der Waals surface area contributed by atoms with E-state index in [1.54, 1.807) is 12.2 Å². The Hall–Kier alpha value is -1.46. The van der Waals surface area contributed by atoms with Crippen molar-refractivity contribution in [1.29, 1.82) is 0 Å². The summed E-state index contributed by atoms with van der Waals surface area (Å²) in [6.07, 6.45) is 0. The first-order valence-corrected chi connectivity index (χ1v) is 9.91. The van der Waals surface area contributed by atoms with E-state index < -0.39 is 0 Å². The van der Waals surface area contributed by atoms with E-state index in [0.29, 0.717) is 79.3 Å². The highest BCUT2D eigenvalue weighted by Crippen LogP contribution is 2.21. The third kappa shape index (κ3) is 11.3. The zero-order chi connectivity index (χ0) is 20.4. The van der Waals surface area contributed by atoms with Crippen LogP contribution in [0.25, 0.3) is 0 Å². The molecular formula is C20H33NO8. The standard InChI is InChI=1S/C20H33NO8/c1-22-5-15-28-20-4-2-3-19(17-20)21-18-27-13-12-25-9-8-23-6-7-24-10-11-26-14-16-29-21/h2-4,17H,5-16,18H2,1H3. The number of benzene rings is 1. The third-order valence-electron chi connectivity index (χ3n) is 3.83. The van der Waals surface area contributed by atoms with Crippen LogP contribution in [0.5, 0.6) is 5.75 Å². The average Bonchev–Trinajstić information content (AvgIpc) is 2.74. The fourth-order valence-electron chi connectivity index (χ4n) is 2.39. The Bertz CT molecular complexity index is 501. The molecule has 1 aliphatic heterocycles. The van der Waals surface area contributed by atoms with Gasteiger partial charge < -0.3 is 33.2 Å². The lowest BCUT2D eigenvalue weighted by atomic mass is 10.3. The summed E-state index contributed by atoms with van der Waals surface area (Å²) in [6, 6.07) is 7.62. The molecule has 1 heterocycles. The lowest BCUT2D eigenvalue weighted by Gasteiger charge is -2.24. The number of methoxy groups -OCH3 is 1. The maximum absolute atomic E-state index is 5.86. The van der Waals surface area contributed by atoms with Crippen LogP contribution in [-0.2, 0) is 33.3 Å². The van der Waals surface area contributed by atoms with Crippen molar-refractivity contribution >= 4 is 5.69 Å². The number of hydroxylamine groups is 1. The largest absolute Gasteiger partial charge is 0.491 e. The number of rotatable bonds is 5. The molecule has 0 aromatic heterocycles. The molecule has 0 radical (unpaired) electrons. The van der Waals surface area contributed by atoms with Crippen molar-refractivity contribution in [3.8, 4) is 5.75 Å². The van der Waals surface area contributed by atoms with E-state index >= 15 is 0 Å². The molecule has 1 aliphatic rings. The van der Waals surface area contributed by atoms with Crippen molar-refractivity contribution in [3.63, 3.8) is 0 Å². The van der Waals surface area contributed by atoms with Crippen molar-refractivity contribution in [1.82, 2.24) is 0 Å². The summed E-state index contributed by atoms with van der Waals surface area (Å²) in [6.45, 7) is 6.20. The van der Waals surface area contributed by atoms with Crippen molar-refractivity contribution < 1.29 is 38.0 Å². The van der Waals surface area contributed by atoms with Crippen molar-refractivity contribution in [2.24, 2.45) is 0 Å². The molecule has 2 rings (SSSR count). The molecule has 0 atom stereocenters. The highest BCUT2D eigenvalue weighted by Gasteiger charge is 2.09. The number of ether oxygens (including phenoxy) is 7. The van der Waals surface area contributed by atoms with Gasteiger partial charge in [0.15, 0.2) is 0 Å². The van der Waals surface area contributed by atoms with Gasteiger partial charge >= 0.3 is 0 Å². The average molecular weight is 415 g/mol. The van der Waals surface area contributed by atoms with Crippen molar-refractivity contribution in [2.45, 2.75) is 0 Å². The summed E-state index contributed by atoms with van der Waals surface area (Å²) in [5, 5.41) is 1.68. The van der Waals surface area contributed by atoms with Crippen LogP contribution in [0.3, 0.4) is 0 Å². The first-order chi connectivity index (χ1) is 14.4. The molecule has 0 amide bonds. The van der Waals surface area contributed by atoms with Crippen LogP contribution in [0.15, 0.2) is 24.3 Å². The molecule has 0 saturated carbocycles. The normalized spacial score (nSPS) is 19.3. The van der Waals surface area contributed by atoms with Gasteiger partial charge in [-0.05, 0) is 12.1 Å². The van der Waals surface area contributed by atoms with E-state index in [0.717, 1.165) is 11.4 Å². The molecule has 166 valence electrons. The summed E-state index contributed by atoms with van der Waals surface area (Å²) < 4.78 is 38.3. The molecule has 0 bridgehead atoms. The van der Waals surface area contributed by atoms with Crippen LogP contribution >= 0.6 is 0 Å². The number of nitrogens with zero attached hydrogens (tertiary/aromatic N) is 1. The SMILES string of the molecule is COCCOc1cccc(N2COCCOCCOCCOCCOCCO2)c1. The smallest absolute Gasteiger partial charge is 0.143 e. The molecule has 0 aliphatic carbocycles. The molecule has 1 saturated heterocycles. The minimum absolute atomic E-state index is 0.254. The second-order valence-corrected chi connectivity index (χ2v) is 6.04. The third-order valence-corrected chi connectivity index (χ3v) is 3.83. The van der Waals surface area contributed by atoms with E-state index in [9.17, 15) is 0 Å². The molecule has 9 nitrogen and oxygen atoms in total. The minimum Gasteiger partial charge on any atom is -0.491 e. The summed E-state index contributed by atoms with van der Waals surface area (Å²) in [5.74, 6) is 0.735. The predicted octanol–water partition coefficient (Wildman–Crippen LogP) is 1.50. The summed E-state index contributed by atoms with van der Waals surface area (Å²) >= 11 is 0. The molecule has 1 aromatic rings. The van der Waals surface area contributed by atoms with E-state index in [-0.39, 0.29) is 6.73 Å². The Morgan fingerprint density at radius 1 is 0.759 bits per heavy atom. The zero-order valence-corrected chi connectivity index (χ0v) is 17.2. The molecule has 0 spiro atoms. The fourth-order valence-corrected chi connectivity index (χ4v) is 2.39. The molecule has 0 unspecified atom stereocenters. The van der Waals surface area contributed by atoms with Crippen LogP contribution in [0.4, 0.5) is 5.69 Å². The van der Waals surface area contributed by atoms with Crippen molar-refractivity contribution in [2.75, 3.05) is 98.2 Å². The van der Waals surface area contributed by atoms with Gasteiger partial charge in [-0.3, -0.25) is 4.84 Å². The first kappa shape index (κ1) is 23.8. The Labute approximate surface area is 172 Å². The van der Waals surface area contributed by atoms with Gasteiger partial charge in [0.05, 0.1) is 78.4 Å².